The Morgan fingerprint density at radius 1 is 1.44 bits per heavy atom. The standard InChI is InChI=1S/C15H21NO2/c1-4-17-13-8-11-7-9(2)18-15(11)14-10(3)16-6-5-12(13)14/h8-10,16H,4-7H2,1-3H3. The lowest BCUT2D eigenvalue weighted by Crippen LogP contribution is -2.28. The van der Waals surface area contributed by atoms with Crippen LogP contribution in [-0.4, -0.2) is 19.3 Å². The van der Waals surface area contributed by atoms with Gasteiger partial charge < -0.3 is 14.8 Å². The Morgan fingerprint density at radius 3 is 3.06 bits per heavy atom. The second-order valence-electron chi connectivity index (χ2n) is 5.25. The van der Waals surface area contributed by atoms with Crippen LogP contribution in [0.4, 0.5) is 0 Å². The molecule has 98 valence electrons. The first-order valence-corrected chi connectivity index (χ1v) is 6.92. The summed E-state index contributed by atoms with van der Waals surface area (Å²) in [6.45, 7) is 8.13. The molecule has 2 aliphatic heterocycles. The van der Waals surface area contributed by atoms with Crippen molar-refractivity contribution in [3.05, 3.63) is 22.8 Å². The van der Waals surface area contributed by atoms with E-state index in [1.54, 1.807) is 0 Å². The molecule has 0 radical (unpaired) electrons. The van der Waals surface area contributed by atoms with Crippen molar-refractivity contribution in [2.75, 3.05) is 13.2 Å². The molecular formula is C15H21NO2. The zero-order chi connectivity index (χ0) is 12.7. The molecule has 0 spiro atoms. The molecule has 3 nitrogen and oxygen atoms in total. The Balaban J connectivity index is 2.15. The third-order valence-corrected chi connectivity index (χ3v) is 3.85. The molecule has 0 amide bonds. The van der Waals surface area contributed by atoms with Crippen molar-refractivity contribution in [2.24, 2.45) is 0 Å². The second-order valence-corrected chi connectivity index (χ2v) is 5.25. The molecule has 0 fully saturated rings. The van der Waals surface area contributed by atoms with Crippen molar-refractivity contribution < 1.29 is 9.47 Å². The number of nitrogens with one attached hydrogen (secondary N) is 1. The quantitative estimate of drug-likeness (QED) is 0.871. The van der Waals surface area contributed by atoms with Gasteiger partial charge in [0.2, 0.25) is 0 Å². The molecule has 2 unspecified atom stereocenters. The van der Waals surface area contributed by atoms with Crippen LogP contribution < -0.4 is 14.8 Å². The Kier molecular flexibility index (Phi) is 2.94. The van der Waals surface area contributed by atoms with Crippen LogP contribution in [0.15, 0.2) is 6.07 Å². The summed E-state index contributed by atoms with van der Waals surface area (Å²) < 4.78 is 11.8. The van der Waals surface area contributed by atoms with E-state index in [4.69, 9.17) is 9.47 Å². The van der Waals surface area contributed by atoms with E-state index in [0.717, 1.165) is 37.5 Å². The minimum Gasteiger partial charge on any atom is -0.494 e. The highest BCUT2D eigenvalue weighted by molar-refractivity contribution is 5.57. The normalized spacial score (nSPS) is 25.3. The predicted octanol–water partition coefficient (Wildman–Crippen LogP) is 2.62. The van der Waals surface area contributed by atoms with Gasteiger partial charge >= 0.3 is 0 Å². The van der Waals surface area contributed by atoms with Crippen LogP contribution in [0.1, 0.15) is 43.5 Å². The van der Waals surface area contributed by atoms with Crippen LogP contribution in [0.5, 0.6) is 11.5 Å². The van der Waals surface area contributed by atoms with Crippen LogP contribution >= 0.6 is 0 Å². The molecule has 3 heteroatoms. The Morgan fingerprint density at radius 2 is 2.28 bits per heavy atom. The van der Waals surface area contributed by atoms with Crippen LogP contribution in [-0.2, 0) is 12.8 Å². The summed E-state index contributed by atoms with van der Waals surface area (Å²) in [5.74, 6) is 2.18. The summed E-state index contributed by atoms with van der Waals surface area (Å²) in [7, 11) is 0. The number of hydrogen-bond acceptors (Lipinski definition) is 3. The van der Waals surface area contributed by atoms with Crippen molar-refractivity contribution in [1.82, 2.24) is 5.32 Å². The van der Waals surface area contributed by atoms with Gasteiger partial charge in [0, 0.05) is 29.2 Å². The minimum atomic E-state index is 0.287. The van der Waals surface area contributed by atoms with E-state index >= 15 is 0 Å². The molecule has 0 aromatic heterocycles. The summed E-state index contributed by atoms with van der Waals surface area (Å²) >= 11 is 0. The van der Waals surface area contributed by atoms with Crippen LogP contribution in [0.2, 0.25) is 0 Å². The molecule has 1 aromatic rings. The lowest BCUT2D eigenvalue weighted by atomic mass is 9.91. The third kappa shape index (κ3) is 1.77. The minimum absolute atomic E-state index is 0.287. The van der Waals surface area contributed by atoms with Gasteiger partial charge in [0.1, 0.15) is 17.6 Å². The first kappa shape index (κ1) is 11.8. The van der Waals surface area contributed by atoms with Crippen molar-refractivity contribution >= 4 is 0 Å². The van der Waals surface area contributed by atoms with Crippen molar-refractivity contribution in [2.45, 2.75) is 45.8 Å². The fraction of sp³-hybridized carbons (Fsp3) is 0.600. The first-order chi connectivity index (χ1) is 8.70. The average molecular weight is 247 g/mol. The van der Waals surface area contributed by atoms with Crippen molar-refractivity contribution in [1.29, 1.82) is 0 Å². The summed E-state index contributed by atoms with van der Waals surface area (Å²) in [6.07, 6.45) is 2.31. The van der Waals surface area contributed by atoms with Gasteiger partial charge in [-0.1, -0.05) is 0 Å². The van der Waals surface area contributed by atoms with Crippen LogP contribution in [0.3, 0.4) is 0 Å². The lowest BCUT2D eigenvalue weighted by molar-refractivity contribution is 0.249. The fourth-order valence-electron chi connectivity index (χ4n) is 3.11. The summed E-state index contributed by atoms with van der Waals surface area (Å²) in [5.41, 5.74) is 3.97. The van der Waals surface area contributed by atoms with E-state index in [2.05, 4.69) is 25.2 Å². The molecule has 1 N–H and O–H groups in total. The zero-order valence-corrected chi connectivity index (χ0v) is 11.4. The van der Waals surface area contributed by atoms with E-state index < -0.39 is 0 Å². The molecule has 2 heterocycles. The van der Waals surface area contributed by atoms with Gasteiger partial charge in [0.05, 0.1) is 6.61 Å². The van der Waals surface area contributed by atoms with Crippen molar-refractivity contribution in [3.8, 4) is 11.5 Å². The van der Waals surface area contributed by atoms with E-state index in [1.165, 1.54) is 16.7 Å². The van der Waals surface area contributed by atoms with E-state index in [-0.39, 0.29) is 6.10 Å². The Bertz CT molecular complexity index is 470. The van der Waals surface area contributed by atoms with Gasteiger partial charge in [0.15, 0.2) is 0 Å². The lowest BCUT2D eigenvalue weighted by Gasteiger charge is -2.28. The molecule has 0 saturated carbocycles. The highest BCUT2D eigenvalue weighted by atomic mass is 16.5. The number of fused-ring (bicyclic) bond motifs is 3. The monoisotopic (exact) mass is 247 g/mol. The average Bonchev–Trinajstić information content (AvgIpc) is 2.70. The van der Waals surface area contributed by atoms with Gasteiger partial charge in [-0.3, -0.25) is 0 Å². The molecule has 0 aliphatic carbocycles. The van der Waals surface area contributed by atoms with E-state index in [9.17, 15) is 0 Å². The van der Waals surface area contributed by atoms with Gasteiger partial charge in [-0.15, -0.1) is 0 Å². The smallest absolute Gasteiger partial charge is 0.128 e. The second kappa shape index (κ2) is 4.47. The number of rotatable bonds is 2. The van der Waals surface area contributed by atoms with Gasteiger partial charge in [0.25, 0.3) is 0 Å². The highest BCUT2D eigenvalue weighted by Gasteiger charge is 2.31. The molecule has 0 saturated heterocycles. The van der Waals surface area contributed by atoms with Crippen LogP contribution in [0, 0.1) is 0 Å². The fourth-order valence-corrected chi connectivity index (χ4v) is 3.11. The maximum atomic E-state index is 6.01. The maximum Gasteiger partial charge on any atom is 0.128 e. The Labute approximate surface area is 108 Å². The molecular weight excluding hydrogens is 226 g/mol. The van der Waals surface area contributed by atoms with Crippen LogP contribution in [0.25, 0.3) is 0 Å². The summed E-state index contributed by atoms with van der Waals surface area (Å²) in [4.78, 5) is 0. The molecule has 2 aliphatic rings. The van der Waals surface area contributed by atoms with Gasteiger partial charge in [-0.05, 0) is 39.8 Å². The SMILES string of the molecule is CCOc1cc2c(c3c1CCNC3C)OC(C)C2. The third-order valence-electron chi connectivity index (χ3n) is 3.85. The van der Waals surface area contributed by atoms with Gasteiger partial charge in [-0.25, -0.2) is 0 Å². The van der Waals surface area contributed by atoms with Crippen molar-refractivity contribution in [3.63, 3.8) is 0 Å². The first-order valence-electron chi connectivity index (χ1n) is 6.92. The molecule has 3 rings (SSSR count). The topological polar surface area (TPSA) is 30.5 Å². The predicted molar refractivity (Wildman–Crippen MR) is 71.5 cm³/mol. The maximum absolute atomic E-state index is 6.01. The highest BCUT2D eigenvalue weighted by Crippen LogP contribution is 2.44. The summed E-state index contributed by atoms with van der Waals surface area (Å²) in [5, 5.41) is 3.52. The number of benzene rings is 1. The largest absolute Gasteiger partial charge is 0.494 e. The van der Waals surface area contributed by atoms with E-state index in [1.807, 2.05) is 6.92 Å². The zero-order valence-electron chi connectivity index (χ0n) is 11.4. The number of hydrogen-bond donors (Lipinski definition) is 1. The number of ether oxygens (including phenoxy) is 2. The summed E-state index contributed by atoms with van der Waals surface area (Å²) in [6, 6.07) is 2.55. The van der Waals surface area contributed by atoms with Gasteiger partial charge in [-0.2, -0.15) is 0 Å². The molecule has 2 atom stereocenters. The molecule has 1 aromatic carbocycles. The van der Waals surface area contributed by atoms with E-state index in [0.29, 0.717) is 6.04 Å². The molecule has 18 heavy (non-hydrogen) atoms. The molecule has 0 bridgehead atoms. The Hall–Kier alpha value is -1.22.